The van der Waals surface area contributed by atoms with Gasteiger partial charge in [-0.05, 0) is 19.4 Å². The van der Waals surface area contributed by atoms with Crippen molar-refractivity contribution in [3.05, 3.63) is 34.5 Å². The summed E-state index contributed by atoms with van der Waals surface area (Å²) in [7, 11) is 0. The topological polar surface area (TPSA) is 62.2 Å². The molecule has 3 rings (SSSR count). The van der Waals surface area contributed by atoms with Crippen molar-refractivity contribution in [3.8, 4) is 0 Å². The molecule has 0 aromatic carbocycles. The van der Waals surface area contributed by atoms with E-state index >= 15 is 0 Å². The van der Waals surface area contributed by atoms with Crippen molar-refractivity contribution in [1.29, 1.82) is 0 Å². The zero-order valence-electron chi connectivity index (χ0n) is 8.94. The van der Waals surface area contributed by atoms with E-state index in [2.05, 4.69) is 15.3 Å². The molecule has 2 N–H and O–H groups in total. The summed E-state index contributed by atoms with van der Waals surface area (Å²) in [6.45, 7) is 1.02. The molecule has 2 aromatic rings. The number of nitrogens with zero attached hydrogens (tertiary/aromatic N) is 2. The Morgan fingerprint density at radius 2 is 2.38 bits per heavy atom. The van der Waals surface area contributed by atoms with Gasteiger partial charge in [-0.3, -0.25) is 9.20 Å². The van der Waals surface area contributed by atoms with Crippen LogP contribution in [0.1, 0.15) is 31.0 Å². The van der Waals surface area contributed by atoms with Crippen molar-refractivity contribution in [1.82, 2.24) is 19.7 Å². The van der Waals surface area contributed by atoms with Crippen LogP contribution < -0.4 is 10.9 Å². The lowest BCUT2D eigenvalue weighted by Gasteiger charge is -2.23. The average molecular weight is 218 g/mol. The van der Waals surface area contributed by atoms with Crippen LogP contribution in [0, 0.1) is 0 Å². The van der Waals surface area contributed by atoms with E-state index in [1.807, 2.05) is 0 Å². The molecule has 1 aliphatic rings. The molecule has 1 aliphatic heterocycles. The Bertz CT molecular complexity index is 550. The van der Waals surface area contributed by atoms with Crippen LogP contribution in [0.15, 0.2) is 23.3 Å². The lowest BCUT2D eigenvalue weighted by atomic mass is 10.0. The van der Waals surface area contributed by atoms with Crippen LogP contribution >= 0.6 is 0 Å². The third-order valence-corrected chi connectivity index (χ3v) is 3.10. The van der Waals surface area contributed by atoms with Crippen LogP contribution in [-0.4, -0.2) is 20.9 Å². The van der Waals surface area contributed by atoms with Crippen molar-refractivity contribution >= 4 is 5.78 Å². The molecule has 0 amide bonds. The van der Waals surface area contributed by atoms with Crippen molar-refractivity contribution in [2.45, 2.75) is 25.3 Å². The first kappa shape index (κ1) is 9.59. The fourth-order valence-corrected chi connectivity index (χ4v) is 2.25. The van der Waals surface area contributed by atoms with E-state index in [-0.39, 0.29) is 11.6 Å². The summed E-state index contributed by atoms with van der Waals surface area (Å²) in [6.07, 6.45) is 6.80. The minimum absolute atomic E-state index is 0.0198. The number of nitrogens with one attached hydrogen (secondary N) is 2. The quantitative estimate of drug-likeness (QED) is 0.745. The number of H-pyrrole nitrogens is 1. The molecule has 0 aliphatic carbocycles. The maximum Gasteiger partial charge on any atom is 0.259 e. The van der Waals surface area contributed by atoms with Crippen molar-refractivity contribution in [2.24, 2.45) is 0 Å². The van der Waals surface area contributed by atoms with Crippen LogP contribution in [0.25, 0.3) is 5.78 Å². The summed E-state index contributed by atoms with van der Waals surface area (Å²) in [5.41, 5.74) is 0.928. The molecule has 0 bridgehead atoms. The fraction of sp³-hybridized carbons (Fsp3) is 0.455. The van der Waals surface area contributed by atoms with E-state index in [4.69, 9.17) is 0 Å². The molecule has 1 saturated heterocycles. The second kappa shape index (κ2) is 3.75. The SMILES string of the molecule is O=c1cc([C@@H]2CCCCN2)[nH]c2nccn12. The first-order valence-electron chi connectivity index (χ1n) is 5.64. The predicted octanol–water partition coefficient (Wildman–Crippen LogP) is 0.837. The molecular formula is C11H14N4O. The molecule has 1 atom stereocenters. The highest BCUT2D eigenvalue weighted by atomic mass is 16.1. The second-order valence-electron chi connectivity index (χ2n) is 4.19. The Hall–Kier alpha value is -1.62. The van der Waals surface area contributed by atoms with Crippen molar-refractivity contribution < 1.29 is 0 Å². The Labute approximate surface area is 92.5 Å². The average Bonchev–Trinajstić information content (AvgIpc) is 2.79. The lowest BCUT2D eigenvalue weighted by molar-refractivity contribution is 0.405. The molecule has 0 saturated carbocycles. The van der Waals surface area contributed by atoms with Crippen LogP contribution in [0.4, 0.5) is 0 Å². The molecule has 84 valence electrons. The van der Waals surface area contributed by atoms with E-state index in [0.29, 0.717) is 5.78 Å². The van der Waals surface area contributed by atoms with Crippen LogP contribution in [-0.2, 0) is 0 Å². The van der Waals surface area contributed by atoms with E-state index in [1.54, 1.807) is 18.5 Å². The number of aromatic amines is 1. The number of imidazole rings is 1. The minimum Gasteiger partial charge on any atom is -0.327 e. The van der Waals surface area contributed by atoms with Gasteiger partial charge >= 0.3 is 0 Å². The van der Waals surface area contributed by atoms with Crippen LogP contribution in [0.5, 0.6) is 0 Å². The largest absolute Gasteiger partial charge is 0.327 e. The van der Waals surface area contributed by atoms with Gasteiger partial charge in [0.1, 0.15) is 0 Å². The molecule has 0 spiro atoms. The van der Waals surface area contributed by atoms with E-state index in [9.17, 15) is 4.79 Å². The van der Waals surface area contributed by atoms with Gasteiger partial charge in [0.05, 0.1) is 0 Å². The van der Waals surface area contributed by atoms with E-state index < -0.39 is 0 Å². The number of hydrogen-bond acceptors (Lipinski definition) is 3. The lowest BCUT2D eigenvalue weighted by Crippen LogP contribution is -2.29. The van der Waals surface area contributed by atoms with Gasteiger partial charge in [0.2, 0.25) is 5.78 Å². The number of rotatable bonds is 1. The molecule has 0 radical (unpaired) electrons. The molecule has 16 heavy (non-hydrogen) atoms. The Morgan fingerprint density at radius 1 is 1.44 bits per heavy atom. The second-order valence-corrected chi connectivity index (χ2v) is 4.19. The summed E-state index contributed by atoms with van der Waals surface area (Å²) >= 11 is 0. The smallest absolute Gasteiger partial charge is 0.259 e. The molecule has 0 unspecified atom stereocenters. The molecular weight excluding hydrogens is 204 g/mol. The van der Waals surface area contributed by atoms with Crippen molar-refractivity contribution in [3.63, 3.8) is 0 Å². The van der Waals surface area contributed by atoms with Gasteiger partial charge in [0.15, 0.2) is 0 Å². The summed E-state index contributed by atoms with van der Waals surface area (Å²) < 4.78 is 1.52. The monoisotopic (exact) mass is 218 g/mol. The Morgan fingerprint density at radius 3 is 3.19 bits per heavy atom. The first-order chi connectivity index (χ1) is 7.84. The third-order valence-electron chi connectivity index (χ3n) is 3.10. The standard InChI is InChI=1S/C11H14N4O/c16-10-7-9(8-3-1-2-4-12-8)14-11-13-5-6-15(10)11/h5-8,12H,1-4H2,(H,13,14)/t8-/m0/s1. The highest BCUT2D eigenvalue weighted by Crippen LogP contribution is 2.20. The van der Waals surface area contributed by atoms with Crippen molar-refractivity contribution in [2.75, 3.05) is 6.54 Å². The first-order valence-corrected chi connectivity index (χ1v) is 5.64. The summed E-state index contributed by atoms with van der Waals surface area (Å²) in [4.78, 5) is 19.1. The fourth-order valence-electron chi connectivity index (χ4n) is 2.25. The third kappa shape index (κ3) is 1.53. The maximum atomic E-state index is 11.8. The van der Waals surface area contributed by atoms with Gasteiger partial charge in [-0.25, -0.2) is 4.98 Å². The molecule has 5 nitrogen and oxygen atoms in total. The number of piperidine rings is 1. The Balaban J connectivity index is 2.06. The molecule has 1 fully saturated rings. The van der Waals surface area contributed by atoms with Gasteiger partial charge < -0.3 is 10.3 Å². The zero-order chi connectivity index (χ0) is 11.0. The number of hydrogen-bond donors (Lipinski definition) is 2. The predicted molar refractivity (Wildman–Crippen MR) is 60.4 cm³/mol. The maximum absolute atomic E-state index is 11.8. The molecule has 3 heterocycles. The molecule has 5 heteroatoms. The Kier molecular flexibility index (Phi) is 2.25. The number of aromatic nitrogens is 3. The van der Waals surface area contributed by atoms with Gasteiger partial charge in [-0.2, -0.15) is 0 Å². The van der Waals surface area contributed by atoms with Gasteiger partial charge in [-0.1, -0.05) is 6.42 Å². The zero-order valence-corrected chi connectivity index (χ0v) is 8.94. The summed E-state index contributed by atoms with van der Waals surface area (Å²) in [5.74, 6) is 0.620. The highest BCUT2D eigenvalue weighted by molar-refractivity contribution is 5.29. The van der Waals surface area contributed by atoms with Gasteiger partial charge in [-0.15, -0.1) is 0 Å². The normalized spacial score (nSPS) is 21.4. The van der Waals surface area contributed by atoms with Gasteiger partial charge in [0.25, 0.3) is 5.56 Å². The summed E-state index contributed by atoms with van der Waals surface area (Å²) in [6, 6.07) is 1.93. The van der Waals surface area contributed by atoms with E-state index in [0.717, 1.165) is 18.7 Å². The highest BCUT2D eigenvalue weighted by Gasteiger charge is 2.16. The van der Waals surface area contributed by atoms with Gasteiger partial charge in [0, 0.05) is 30.2 Å². The van der Waals surface area contributed by atoms with Crippen LogP contribution in [0.2, 0.25) is 0 Å². The van der Waals surface area contributed by atoms with Crippen LogP contribution in [0.3, 0.4) is 0 Å². The minimum atomic E-state index is -0.0198. The van der Waals surface area contributed by atoms with E-state index in [1.165, 1.54) is 17.2 Å². The number of fused-ring (bicyclic) bond motifs is 1. The summed E-state index contributed by atoms with van der Waals surface area (Å²) in [5, 5.41) is 3.41. The molecule has 2 aromatic heterocycles.